The van der Waals surface area contributed by atoms with Gasteiger partial charge in [0.1, 0.15) is 5.52 Å². The maximum absolute atomic E-state index is 13.6. The van der Waals surface area contributed by atoms with Gasteiger partial charge in [0.15, 0.2) is 5.69 Å². The van der Waals surface area contributed by atoms with Crippen LogP contribution in [0.5, 0.6) is 0 Å². The van der Waals surface area contributed by atoms with Crippen LogP contribution in [0.25, 0.3) is 27.5 Å². The molecule has 0 radical (unpaired) electrons. The Morgan fingerprint density at radius 3 is 2.52 bits per heavy atom. The first-order valence-electron chi connectivity index (χ1n) is 10.5. The van der Waals surface area contributed by atoms with Gasteiger partial charge in [0.25, 0.3) is 11.5 Å². The van der Waals surface area contributed by atoms with Gasteiger partial charge in [-0.2, -0.15) is 9.78 Å². The van der Waals surface area contributed by atoms with Crippen LogP contribution in [0.3, 0.4) is 0 Å². The molecular formula is C26H22N4O2S. The van der Waals surface area contributed by atoms with Crippen molar-refractivity contribution in [2.75, 3.05) is 11.6 Å². The van der Waals surface area contributed by atoms with Gasteiger partial charge in [-0.3, -0.25) is 9.59 Å². The standard InChI is InChI=1S/C26H22N4O2S/c1-16-11-13-18(14-12-16)30-26(32)24-22(20-9-4-5-10-21(20)29(24)2)23(28-30)25(31)27-17-7-6-8-19(15-17)33-3/h4-15H,1-3H3,(H,27,31). The fraction of sp³-hybridized carbons (Fsp3) is 0.115. The molecular weight excluding hydrogens is 432 g/mol. The minimum absolute atomic E-state index is 0.205. The van der Waals surface area contributed by atoms with Crippen molar-refractivity contribution in [2.24, 2.45) is 7.05 Å². The Labute approximate surface area is 194 Å². The molecule has 7 heteroatoms. The van der Waals surface area contributed by atoms with Crippen molar-refractivity contribution >= 4 is 45.2 Å². The van der Waals surface area contributed by atoms with Gasteiger partial charge in [-0.25, -0.2) is 0 Å². The lowest BCUT2D eigenvalue weighted by Crippen LogP contribution is -2.27. The zero-order valence-electron chi connectivity index (χ0n) is 18.5. The van der Waals surface area contributed by atoms with Crippen molar-refractivity contribution in [1.82, 2.24) is 14.3 Å². The maximum Gasteiger partial charge on any atom is 0.296 e. The monoisotopic (exact) mass is 454 g/mol. The first-order chi connectivity index (χ1) is 16.0. The lowest BCUT2D eigenvalue weighted by atomic mass is 10.1. The summed E-state index contributed by atoms with van der Waals surface area (Å²) >= 11 is 1.60. The summed E-state index contributed by atoms with van der Waals surface area (Å²) in [6, 6.07) is 22.8. The highest BCUT2D eigenvalue weighted by Crippen LogP contribution is 2.29. The summed E-state index contributed by atoms with van der Waals surface area (Å²) < 4.78 is 3.15. The van der Waals surface area contributed by atoms with Crippen LogP contribution in [0, 0.1) is 6.92 Å². The first kappa shape index (κ1) is 21.0. The molecule has 0 saturated carbocycles. The summed E-state index contributed by atoms with van der Waals surface area (Å²) in [5, 5.41) is 8.92. The normalized spacial score (nSPS) is 11.2. The molecule has 0 aliphatic carbocycles. The zero-order chi connectivity index (χ0) is 23.1. The Morgan fingerprint density at radius 2 is 1.76 bits per heavy atom. The van der Waals surface area contributed by atoms with E-state index in [1.165, 1.54) is 4.68 Å². The van der Waals surface area contributed by atoms with E-state index in [1.54, 1.807) is 11.8 Å². The fourth-order valence-corrected chi connectivity index (χ4v) is 4.55. The number of para-hydroxylation sites is 1. The van der Waals surface area contributed by atoms with E-state index >= 15 is 0 Å². The molecule has 1 N–H and O–H groups in total. The smallest absolute Gasteiger partial charge is 0.296 e. The summed E-state index contributed by atoms with van der Waals surface area (Å²) in [6.07, 6.45) is 1.99. The fourth-order valence-electron chi connectivity index (χ4n) is 4.09. The number of nitrogens with zero attached hydrogens (tertiary/aromatic N) is 3. The van der Waals surface area contributed by atoms with Crippen LogP contribution in [0.15, 0.2) is 82.5 Å². The molecule has 164 valence electrons. The zero-order valence-corrected chi connectivity index (χ0v) is 19.3. The second-order valence-corrected chi connectivity index (χ2v) is 8.77. The van der Waals surface area contributed by atoms with E-state index in [1.807, 2.05) is 97.6 Å². The molecule has 0 aliphatic rings. The van der Waals surface area contributed by atoms with Crippen LogP contribution in [0.4, 0.5) is 5.69 Å². The Hall–Kier alpha value is -3.84. The van der Waals surface area contributed by atoms with Crippen molar-refractivity contribution in [3.05, 3.63) is 94.4 Å². The average Bonchev–Trinajstić information content (AvgIpc) is 3.13. The molecule has 33 heavy (non-hydrogen) atoms. The molecule has 2 heterocycles. The van der Waals surface area contributed by atoms with E-state index in [9.17, 15) is 9.59 Å². The number of nitrogens with one attached hydrogen (secondary N) is 1. The van der Waals surface area contributed by atoms with Gasteiger partial charge in [0, 0.05) is 33.9 Å². The van der Waals surface area contributed by atoms with Gasteiger partial charge >= 0.3 is 0 Å². The third-order valence-electron chi connectivity index (χ3n) is 5.76. The van der Waals surface area contributed by atoms with Crippen LogP contribution >= 0.6 is 11.8 Å². The van der Waals surface area contributed by atoms with Crippen molar-refractivity contribution in [1.29, 1.82) is 0 Å². The molecule has 0 aliphatic heterocycles. The van der Waals surface area contributed by atoms with Gasteiger partial charge in [-0.05, 0) is 49.6 Å². The van der Waals surface area contributed by atoms with Gasteiger partial charge in [-0.15, -0.1) is 11.8 Å². The number of rotatable bonds is 4. The molecule has 0 spiro atoms. The predicted molar refractivity (Wildman–Crippen MR) is 135 cm³/mol. The van der Waals surface area contributed by atoms with Crippen LogP contribution in [-0.4, -0.2) is 26.5 Å². The largest absolute Gasteiger partial charge is 0.339 e. The number of hydrogen-bond donors (Lipinski definition) is 1. The van der Waals surface area contributed by atoms with Crippen LogP contribution in [0.1, 0.15) is 16.1 Å². The number of carbonyl (C=O) groups excluding carboxylic acids is 1. The van der Waals surface area contributed by atoms with E-state index in [4.69, 9.17) is 0 Å². The second kappa shape index (κ2) is 8.26. The minimum Gasteiger partial charge on any atom is -0.339 e. The third kappa shape index (κ3) is 3.60. The van der Waals surface area contributed by atoms with E-state index in [-0.39, 0.29) is 17.2 Å². The molecule has 6 nitrogen and oxygen atoms in total. The summed E-state index contributed by atoms with van der Waals surface area (Å²) in [5.74, 6) is -0.365. The lowest BCUT2D eigenvalue weighted by molar-refractivity contribution is 0.102. The Balaban J connectivity index is 1.78. The van der Waals surface area contributed by atoms with Crippen molar-refractivity contribution in [2.45, 2.75) is 11.8 Å². The predicted octanol–water partition coefficient (Wildman–Crippen LogP) is 5.16. The van der Waals surface area contributed by atoms with Gasteiger partial charge < -0.3 is 9.88 Å². The Kier molecular flexibility index (Phi) is 5.26. The summed E-state index contributed by atoms with van der Waals surface area (Å²) in [5.41, 5.74) is 3.60. The quantitative estimate of drug-likeness (QED) is 0.381. The van der Waals surface area contributed by atoms with E-state index < -0.39 is 0 Å². The minimum atomic E-state index is -0.365. The first-order valence-corrected chi connectivity index (χ1v) is 11.7. The molecule has 5 rings (SSSR count). The van der Waals surface area contributed by atoms with Crippen molar-refractivity contribution in [3.63, 3.8) is 0 Å². The molecule has 0 fully saturated rings. The Bertz CT molecular complexity index is 1580. The molecule has 2 aromatic heterocycles. The molecule has 3 aromatic carbocycles. The molecule has 0 unspecified atom stereocenters. The van der Waals surface area contributed by atoms with Gasteiger partial charge in [0.05, 0.1) is 5.69 Å². The van der Waals surface area contributed by atoms with Crippen LogP contribution in [-0.2, 0) is 7.05 Å². The van der Waals surface area contributed by atoms with Crippen LogP contribution < -0.4 is 10.9 Å². The van der Waals surface area contributed by atoms with Crippen molar-refractivity contribution < 1.29 is 4.79 Å². The Morgan fingerprint density at radius 1 is 1.00 bits per heavy atom. The molecule has 0 saturated heterocycles. The highest BCUT2D eigenvalue weighted by molar-refractivity contribution is 7.98. The second-order valence-electron chi connectivity index (χ2n) is 7.89. The summed E-state index contributed by atoms with van der Waals surface area (Å²) in [6.45, 7) is 1.98. The molecule has 0 bridgehead atoms. The topological polar surface area (TPSA) is 68.9 Å². The van der Waals surface area contributed by atoms with Crippen LogP contribution in [0.2, 0.25) is 0 Å². The summed E-state index contributed by atoms with van der Waals surface area (Å²) in [7, 11) is 1.84. The van der Waals surface area contributed by atoms with Gasteiger partial charge in [0.2, 0.25) is 0 Å². The number of aromatic nitrogens is 3. The summed E-state index contributed by atoms with van der Waals surface area (Å²) in [4.78, 5) is 28.1. The maximum atomic E-state index is 13.6. The number of hydrogen-bond acceptors (Lipinski definition) is 4. The average molecular weight is 455 g/mol. The van der Waals surface area contributed by atoms with E-state index in [2.05, 4.69) is 10.4 Å². The van der Waals surface area contributed by atoms with Gasteiger partial charge in [-0.1, -0.05) is 42.0 Å². The van der Waals surface area contributed by atoms with Crippen molar-refractivity contribution in [3.8, 4) is 5.69 Å². The number of amides is 1. The van der Waals surface area contributed by atoms with E-state index in [0.717, 1.165) is 21.4 Å². The molecule has 1 amide bonds. The number of anilines is 1. The third-order valence-corrected chi connectivity index (χ3v) is 6.49. The highest BCUT2D eigenvalue weighted by atomic mass is 32.2. The van der Waals surface area contributed by atoms with E-state index in [0.29, 0.717) is 22.3 Å². The SMILES string of the molecule is CSc1cccc(NC(=O)c2nn(-c3ccc(C)cc3)c(=O)c3c2c2ccccc2n3C)c1. The lowest BCUT2D eigenvalue weighted by Gasteiger charge is -2.11. The number of aryl methyl sites for hydroxylation is 2. The number of carbonyl (C=O) groups is 1. The number of benzene rings is 3. The molecule has 5 aromatic rings. The molecule has 0 atom stereocenters. The highest BCUT2D eigenvalue weighted by Gasteiger charge is 2.23. The number of fused-ring (bicyclic) bond motifs is 3. The number of thioether (sulfide) groups is 1.